The molecule has 0 aromatic rings. The van der Waals surface area contributed by atoms with Crippen molar-refractivity contribution in [3.63, 3.8) is 0 Å². The van der Waals surface area contributed by atoms with Gasteiger partial charge in [-0.2, -0.15) is 0 Å². The molecule has 1 aliphatic carbocycles. The minimum atomic E-state index is 0.772. The van der Waals surface area contributed by atoms with Gasteiger partial charge in [0.25, 0.3) is 0 Å². The highest BCUT2D eigenvalue weighted by atomic mass is 16.5. The molecule has 0 amide bonds. The Bertz CT molecular complexity index is 165. The van der Waals surface area contributed by atoms with Crippen LogP contribution in [0.4, 0.5) is 0 Å². The number of hydrogen-bond acceptors (Lipinski definition) is 3. The Morgan fingerprint density at radius 1 is 1.36 bits per heavy atom. The zero-order chi connectivity index (χ0) is 9.80. The van der Waals surface area contributed by atoms with E-state index in [0.29, 0.717) is 0 Å². The van der Waals surface area contributed by atoms with Gasteiger partial charge >= 0.3 is 0 Å². The summed E-state index contributed by atoms with van der Waals surface area (Å²) in [5.41, 5.74) is 0. The molecule has 14 heavy (non-hydrogen) atoms. The lowest BCUT2D eigenvalue weighted by Crippen LogP contribution is -2.41. The fraction of sp³-hybridized carbons (Fsp3) is 1.00. The Morgan fingerprint density at radius 2 is 2.07 bits per heavy atom. The van der Waals surface area contributed by atoms with Crippen molar-refractivity contribution < 1.29 is 4.74 Å². The van der Waals surface area contributed by atoms with E-state index in [-0.39, 0.29) is 0 Å². The molecule has 2 rings (SSSR count). The Morgan fingerprint density at radius 3 is 2.71 bits per heavy atom. The van der Waals surface area contributed by atoms with E-state index < -0.39 is 0 Å². The van der Waals surface area contributed by atoms with Crippen LogP contribution in [0.2, 0.25) is 0 Å². The van der Waals surface area contributed by atoms with E-state index in [1.807, 2.05) is 0 Å². The molecule has 2 aliphatic rings. The van der Waals surface area contributed by atoms with E-state index in [9.17, 15) is 0 Å². The maximum atomic E-state index is 5.33. The second kappa shape index (κ2) is 5.10. The van der Waals surface area contributed by atoms with Gasteiger partial charge in [0.2, 0.25) is 0 Å². The average Bonchev–Trinajstić information content (AvgIpc) is 3.00. The molecule has 3 nitrogen and oxygen atoms in total. The zero-order valence-electron chi connectivity index (χ0n) is 9.17. The number of nitrogens with zero attached hydrogens (tertiary/aromatic N) is 1. The maximum Gasteiger partial charge on any atom is 0.0594 e. The molecule has 1 saturated carbocycles. The van der Waals surface area contributed by atoms with Crippen molar-refractivity contribution in [2.75, 3.05) is 39.4 Å². The summed E-state index contributed by atoms with van der Waals surface area (Å²) in [6, 6.07) is 0.849. The van der Waals surface area contributed by atoms with Crippen LogP contribution in [0.1, 0.15) is 19.8 Å². The van der Waals surface area contributed by atoms with Crippen molar-refractivity contribution in [2.45, 2.75) is 25.8 Å². The highest BCUT2D eigenvalue weighted by molar-refractivity contribution is 4.81. The molecule has 1 unspecified atom stereocenters. The molecule has 1 N–H and O–H groups in total. The number of morpholine rings is 1. The SMILES string of the molecule is CC(CNC1CC1)CN1CCOCC1. The first-order chi connectivity index (χ1) is 6.84. The lowest BCUT2D eigenvalue weighted by atomic mass is 10.1. The Hall–Kier alpha value is -0.120. The standard InChI is InChI=1S/C11H22N2O/c1-10(8-12-11-2-3-11)9-13-4-6-14-7-5-13/h10-12H,2-9H2,1H3. The van der Waals surface area contributed by atoms with Crippen LogP contribution >= 0.6 is 0 Å². The largest absolute Gasteiger partial charge is 0.379 e. The van der Waals surface area contributed by atoms with Gasteiger partial charge in [-0.25, -0.2) is 0 Å². The quantitative estimate of drug-likeness (QED) is 0.704. The third-order valence-corrected chi connectivity index (χ3v) is 3.01. The first-order valence-electron chi connectivity index (χ1n) is 5.88. The van der Waals surface area contributed by atoms with Gasteiger partial charge in [-0.05, 0) is 25.3 Å². The summed E-state index contributed by atoms with van der Waals surface area (Å²) in [7, 11) is 0. The molecule has 0 aromatic heterocycles. The smallest absolute Gasteiger partial charge is 0.0594 e. The summed E-state index contributed by atoms with van der Waals surface area (Å²) in [6.45, 7) is 8.82. The molecule has 0 aromatic carbocycles. The van der Waals surface area contributed by atoms with E-state index in [1.165, 1.54) is 25.9 Å². The first-order valence-corrected chi connectivity index (χ1v) is 5.88. The van der Waals surface area contributed by atoms with Crippen LogP contribution in [0, 0.1) is 5.92 Å². The molecule has 3 heteroatoms. The molecule has 1 atom stereocenters. The monoisotopic (exact) mass is 198 g/mol. The fourth-order valence-corrected chi connectivity index (χ4v) is 1.94. The van der Waals surface area contributed by atoms with Crippen molar-refractivity contribution in [3.8, 4) is 0 Å². The molecule has 2 fully saturated rings. The minimum absolute atomic E-state index is 0.772. The van der Waals surface area contributed by atoms with E-state index >= 15 is 0 Å². The first kappa shape index (κ1) is 10.4. The highest BCUT2D eigenvalue weighted by Crippen LogP contribution is 2.18. The van der Waals surface area contributed by atoms with Gasteiger partial charge < -0.3 is 10.1 Å². The lowest BCUT2D eigenvalue weighted by Gasteiger charge is -2.29. The number of nitrogens with one attached hydrogen (secondary N) is 1. The van der Waals surface area contributed by atoms with Gasteiger partial charge in [0.1, 0.15) is 0 Å². The molecule has 1 saturated heterocycles. The molecule has 0 bridgehead atoms. The van der Waals surface area contributed by atoms with Crippen molar-refractivity contribution in [3.05, 3.63) is 0 Å². The van der Waals surface area contributed by atoms with Gasteiger partial charge in [0, 0.05) is 25.7 Å². The normalized spacial score (nSPS) is 26.4. The summed E-state index contributed by atoms with van der Waals surface area (Å²) in [5, 5.41) is 3.59. The van der Waals surface area contributed by atoms with Crippen LogP contribution in [0.5, 0.6) is 0 Å². The van der Waals surface area contributed by atoms with E-state index in [1.54, 1.807) is 0 Å². The van der Waals surface area contributed by atoms with Crippen LogP contribution in [0.25, 0.3) is 0 Å². The molecule has 1 aliphatic heterocycles. The van der Waals surface area contributed by atoms with Gasteiger partial charge in [-0.15, -0.1) is 0 Å². The van der Waals surface area contributed by atoms with E-state index in [2.05, 4.69) is 17.1 Å². The van der Waals surface area contributed by atoms with Crippen LogP contribution in [0.3, 0.4) is 0 Å². The summed E-state index contributed by atoms with van der Waals surface area (Å²) in [6.07, 6.45) is 2.79. The molecular formula is C11H22N2O. The fourth-order valence-electron chi connectivity index (χ4n) is 1.94. The third-order valence-electron chi connectivity index (χ3n) is 3.01. The summed E-state index contributed by atoms with van der Waals surface area (Å²) in [4.78, 5) is 2.52. The average molecular weight is 198 g/mol. The van der Waals surface area contributed by atoms with Crippen molar-refractivity contribution >= 4 is 0 Å². The molecule has 0 spiro atoms. The van der Waals surface area contributed by atoms with Crippen LogP contribution < -0.4 is 5.32 Å². The summed E-state index contributed by atoms with van der Waals surface area (Å²) in [5.74, 6) is 0.772. The van der Waals surface area contributed by atoms with Crippen molar-refractivity contribution in [2.24, 2.45) is 5.92 Å². The number of hydrogen-bond donors (Lipinski definition) is 1. The van der Waals surface area contributed by atoms with Gasteiger partial charge in [0.15, 0.2) is 0 Å². The predicted molar refractivity (Wildman–Crippen MR) is 57.4 cm³/mol. The van der Waals surface area contributed by atoms with Crippen LogP contribution in [-0.4, -0.2) is 50.3 Å². The Labute approximate surface area is 86.8 Å². The maximum absolute atomic E-state index is 5.33. The second-order valence-corrected chi connectivity index (χ2v) is 4.70. The van der Waals surface area contributed by atoms with Gasteiger partial charge in [-0.3, -0.25) is 4.90 Å². The Kier molecular flexibility index (Phi) is 3.79. The van der Waals surface area contributed by atoms with Crippen LogP contribution in [0.15, 0.2) is 0 Å². The van der Waals surface area contributed by atoms with E-state index in [0.717, 1.165) is 38.3 Å². The van der Waals surface area contributed by atoms with Crippen molar-refractivity contribution in [1.29, 1.82) is 0 Å². The predicted octanol–water partition coefficient (Wildman–Crippen LogP) is 0.707. The van der Waals surface area contributed by atoms with Crippen molar-refractivity contribution in [1.82, 2.24) is 10.2 Å². The van der Waals surface area contributed by atoms with Gasteiger partial charge in [-0.1, -0.05) is 6.92 Å². The number of ether oxygens (including phenoxy) is 1. The van der Waals surface area contributed by atoms with E-state index in [4.69, 9.17) is 4.74 Å². The Balaban J connectivity index is 1.57. The molecule has 82 valence electrons. The summed E-state index contributed by atoms with van der Waals surface area (Å²) < 4.78 is 5.33. The zero-order valence-corrected chi connectivity index (χ0v) is 9.17. The third kappa shape index (κ3) is 3.56. The molecule has 0 radical (unpaired) electrons. The second-order valence-electron chi connectivity index (χ2n) is 4.70. The topological polar surface area (TPSA) is 24.5 Å². The van der Waals surface area contributed by atoms with Crippen LogP contribution in [-0.2, 0) is 4.74 Å². The highest BCUT2D eigenvalue weighted by Gasteiger charge is 2.21. The molecule has 1 heterocycles. The molecular weight excluding hydrogens is 176 g/mol. The summed E-state index contributed by atoms with van der Waals surface area (Å²) >= 11 is 0. The lowest BCUT2D eigenvalue weighted by molar-refractivity contribution is 0.0318. The minimum Gasteiger partial charge on any atom is -0.379 e. The van der Waals surface area contributed by atoms with Gasteiger partial charge in [0.05, 0.1) is 13.2 Å². The number of rotatable bonds is 5.